The Bertz CT molecular complexity index is 1440. The van der Waals surface area contributed by atoms with Gasteiger partial charge in [0.2, 0.25) is 0 Å². The van der Waals surface area contributed by atoms with Gasteiger partial charge in [0.25, 0.3) is 5.91 Å². The number of benzene rings is 3. The van der Waals surface area contributed by atoms with Crippen LogP contribution >= 0.6 is 46.4 Å². The summed E-state index contributed by atoms with van der Waals surface area (Å²) >= 11 is 25.3. The second kappa shape index (κ2) is 10.7. The van der Waals surface area contributed by atoms with Crippen molar-refractivity contribution in [2.45, 2.75) is 31.4 Å². The summed E-state index contributed by atoms with van der Waals surface area (Å²) in [6.07, 6.45) is -1.93. The molecule has 0 aliphatic carbocycles. The van der Waals surface area contributed by atoms with Gasteiger partial charge in [-0.2, -0.15) is 0 Å². The number of amides is 1. The smallest absolute Gasteiger partial charge is 0.303 e. The first-order valence-electron chi connectivity index (χ1n) is 11.2. The van der Waals surface area contributed by atoms with Crippen LogP contribution in [-0.2, 0) is 19.7 Å². The first-order valence-corrected chi connectivity index (χ1v) is 12.7. The maximum absolute atomic E-state index is 13.9. The van der Waals surface area contributed by atoms with Crippen molar-refractivity contribution >= 4 is 69.9 Å². The van der Waals surface area contributed by atoms with E-state index in [0.717, 1.165) is 6.92 Å². The molecular formula is C27H20Cl4NO6-. The zero-order valence-corrected chi connectivity index (χ0v) is 23.3. The minimum atomic E-state index is -1.93. The first-order chi connectivity index (χ1) is 17.9. The molecule has 198 valence electrons. The maximum Gasteiger partial charge on any atom is 0.303 e. The quantitative estimate of drug-likeness (QED) is 0.282. The van der Waals surface area contributed by atoms with Crippen LogP contribution in [0.1, 0.15) is 35.3 Å². The number of carbonyl (C=O) groups is 3. The van der Waals surface area contributed by atoms with E-state index in [-0.39, 0.29) is 26.2 Å². The fraction of sp³-hybridized carbons (Fsp3) is 0.222. The van der Waals surface area contributed by atoms with Crippen LogP contribution in [0.3, 0.4) is 0 Å². The lowest BCUT2D eigenvalue weighted by Gasteiger charge is -2.43. The highest BCUT2D eigenvalue weighted by Gasteiger charge is 2.59. The van der Waals surface area contributed by atoms with Crippen LogP contribution in [0.4, 0.5) is 5.69 Å². The van der Waals surface area contributed by atoms with E-state index >= 15 is 0 Å². The molecule has 38 heavy (non-hydrogen) atoms. The van der Waals surface area contributed by atoms with Gasteiger partial charge in [0.15, 0.2) is 6.10 Å². The Morgan fingerprint density at radius 2 is 1.55 bits per heavy atom. The molecule has 1 aliphatic heterocycles. The third kappa shape index (κ3) is 4.58. The first kappa shape index (κ1) is 28.0. The topological polar surface area (TPSA) is 96.0 Å². The summed E-state index contributed by atoms with van der Waals surface area (Å²) in [5.41, 5.74) is -0.697. The molecule has 0 saturated heterocycles. The number of aliphatic carboxylic acids is 1. The number of hydrogen-bond acceptors (Lipinski definition) is 6. The Labute approximate surface area is 238 Å². The number of esters is 1. The zero-order chi connectivity index (χ0) is 27.9. The normalized spacial score (nSPS) is 19.0. The molecule has 0 radical (unpaired) electrons. The zero-order valence-electron chi connectivity index (χ0n) is 20.3. The SMILES string of the molecule is COc1ccc2c(c1)C(c1cc(Cl)c(Cl)cc1Cl)(C(OC(C)=O)C(=O)[O-])C(C)N2C(=O)c1ccc(Cl)cc1. The summed E-state index contributed by atoms with van der Waals surface area (Å²) < 4.78 is 10.8. The van der Waals surface area contributed by atoms with Gasteiger partial charge >= 0.3 is 5.97 Å². The standard InChI is InChI=1S/C27H21Cl4NO6/c1-13-27(24(26(35)36)38-14(2)33,18-11-21(30)22(31)12-20(18)29)19-10-17(37-3)8-9-23(19)32(13)25(34)15-4-6-16(28)7-5-15/h4-13,24H,1-3H3,(H,35,36)/p-1. The van der Waals surface area contributed by atoms with Gasteiger partial charge in [-0.3, -0.25) is 9.59 Å². The van der Waals surface area contributed by atoms with Crippen molar-refractivity contribution < 1.29 is 29.0 Å². The number of ether oxygens (including phenoxy) is 2. The highest BCUT2D eigenvalue weighted by Crippen LogP contribution is 2.55. The number of carbonyl (C=O) groups excluding carboxylic acids is 3. The van der Waals surface area contributed by atoms with E-state index in [9.17, 15) is 19.5 Å². The predicted molar refractivity (Wildman–Crippen MR) is 144 cm³/mol. The largest absolute Gasteiger partial charge is 0.546 e. The molecule has 0 N–H and O–H groups in total. The molecule has 0 spiro atoms. The van der Waals surface area contributed by atoms with Crippen LogP contribution in [0.2, 0.25) is 20.1 Å². The molecule has 1 heterocycles. The van der Waals surface area contributed by atoms with E-state index < -0.39 is 35.4 Å². The van der Waals surface area contributed by atoms with Gasteiger partial charge in [0.1, 0.15) is 5.75 Å². The monoisotopic (exact) mass is 594 g/mol. The van der Waals surface area contributed by atoms with Crippen molar-refractivity contribution in [1.82, 2.24) is 0 Å². The van der Waals surface area contributed by atoms with Crippen molar-refractivity contribution in [2.75, 3.05) is 12.0 Å². The Balaban J connectivity index is 2.12. The third-order valence-corrected chi connectivity index (χ3v) is 7.92. The molecule has 1 aliphatic rings. The van der Waals surface area contributed by atoms with Crippen LogP contribution < -0.4 is 14.7 Å². The summed E-state index contributed by atoms with van der Waals surface area (Å²) in [5, 5.41) is 13.4. The van der Waals surface area contributed by atoms with Crippen LogP contribution in [0.25, 0.3) is 0 Å². The molecule has 1 amide bonds. The highest BCUT2D eigenvalue weighted by atomic mass is 35.5. The van der Waals surface area contributed by atoms with Gasteiger partial charge in [0, 0.05) is 28.2 Å². The average molecular weight is 596 g/mol. The summed E-state index contributed by atoms with van der Waals surface area (Å²) in [4.78, 5) is 40.3. The highest BCUT2D eigenvalue weighted by molar-refractivity contribution is 6.43. The minimum absolute atomic E-state index is 0.0409. The molecule has 4 rings (SSSR count). The lowest BCUT2D eigenvalue weighted by atomic mass is 9.67. The second-order valence-corrected chi connectivity index (χ2v) is 10.3. The van der Waals surface area contributed by atoms with E-state index in [0.29, 0.717) is 22.0 Å². The lowest BCUT2D eigenvalue weighted by molar-refractivity contribution is -0.318. The molecule has 0 saturated carbocycles. The number of carboxylic acids is 1. The molecule has 0 bridgehead atoms. The van der Waals surface area contributed by atoms with Crippen molar-refractivity contribution in [1.29, 1.82) is 0 Å². The minimum Gasteiger partial charge on any atom is -0.546 e. The number of halogens is 4. The lowest BCUT2D eigenvalue weighted by Crippen LogP contribution is -2.59. The molecule has 3 aromatic carbocycles. The number of methoxy groups -OCH3 is 1. The van der Waals surface area contributed by atoms with E-state index in [1.807, 2.05) is 0 Å². The van der Waals surface area contributed by atoms with Crippen molar-refractivity contribution in [2.24, 2.45) is 0 Å². The van der Waals surface area contributed by atoms with E-state index in [4.69, 9.17) is 55.9 Å². The maximum atomic E-state index is 13.9. The van der Waals surface area contributed by atoms with Gasteiger partial charge in [-0.15, -0.1) is 0 Å². The number of nitrogens with zero attached hydrogens (tertiary/aromatic N) is 1. The van der Waals surface area contributed by atoms with Crippen molar-refractivity contribution in [3.05, 3.63) is 91.4 Å². The Kier molecular flexibility index (Phi) is 7.86. The molecule has 11 heteroatoms. The Morgan fingerprint density at radius 3 is 2.13 bits per heavy atom. The predicted octanol–water partition coefficient (Wildman–Crippen LogP) is 5.33. The Morgan fingerprint density at radius 1 is 0.921 bits per heavy atom. The number of anilines is 1. The molecule has 0 aromatic heterocycles. The number of hydrogen-bond donors (Lipinski definition) is 0. The molecule has 3 unspecified atom stereocenters. The second-order valence-electron chi connectivity index (χ2n) is 8.66. The van der Waals surface area contributed by atoms with Gasteiger partial charge < -0.3 is 24.3 Å². The molecule has 0 fully saturated rings. The van der Waals surface area contributed by atoms with Gasteiger partial charge in [0.05, 0.1) is 34.6 Å². The van der Waals surface area contributed by atoms with Crippen molar-refractivity contribution in [3.63, 3.8) is 0 Å². The Hall–Kier alpha value is -2.97. The van der Waals surface area contributed by atoms with Crippen LogP contribution in [0.5, 0.6) is 5.75 Å². The molecule has 3 aromatic rings. The summed E-state index contributed by atoms with van der Waals surface area (Å²) in [6.45, 7) is 2.70. The molecule has 3 atom stereocenters. The van der Waals surface area contributed by atoms with E-state index in [1.165, 1.54) is 24.1 Å². The summed E-state index contributed by atoms with van der Waals surface area (Å²) in [5.74, 6) is -2.69. The fourth-order valence-corrected chi connectivity index (χ4v) is 5.87. The average Bonchev–Trinajstić information content (AvgIpc) is 3.12. The van der Waals surface area contributed by atoms with Crippen LogP contribution in [0, 0.1) is 0 Å². The summed E-state index contributed by atoms with van der Waals surface area (Å²) in [6, 6.07) is 12.8. The summed E-state index contributed by atoms with van der Waals surface area (Å²) in [7, 11) is 1.44. The molecule has 7 nitrogen and oxygen atoms in total. The van der Waals surface area contributed by atoms with Crippen LogP contribution in [-0.4, -0.2) is 37.1 Å². The van der Waals surface area contributed by atoms with Crippen LogP contribution in [0.15, 0.2) is 54.6 Å². The third-order valence-electron chi connectivity index (χ3n) is 6.63. The van der Waals surface area contributed by atoms with Gasteiger partial charge in [-0.25, -0.2) is 0 Å². The number of fused-ring (bicyclic) bond motifs is 1. The van der Waals surface area contributed by atoms with E-state index in [2.05, 4.69) is 0 Å². The number of rotatable bonds is 6. The fourth-order valence-electron chi connectivity index (χ4n) is 5.04. The number of carboxylic acid groups (broad SMARTS) is 1. The van der Waals surface area contributed by atoms with Gasteiger partial charge in [-0.1, -0.05) is 46.4 Å². The van der Waals surface area contributed by atoms with Gasteiger partial charge in [-0.05, 0) is 72.6 Å². The van der Waals surface area contributed by atoms with E-state index in [1.54, 1.807) is 49.4 Å². The molecular weight excluding hydrogens is 576 g/mol. The van der Waals surface area contributed by atoms with Crippen molar-refractivity contribution in [3.8, 4) is 5.75 Å².